The van der Waals surface area contributed by atoms with E-state index >= 15 is 0 Å². The third-order valence-corrected chi connectivity index (χ3v) is 2.60. The van der Waals surface area contributed by atoms with E-state index in [0.29, 0.717) is 6.54 Å². The summed E-state index contributed by atoms with van der Waals surface area (Å²) in [5.74, 6) is -0.0927. The summed E-state index contributed by atoms with van der Waals surface area (Å²) in [5.41, 5.74) is 5.48. The number of H-pyrrole nitrogens is 1. The number of nitrogens with one attached hydrogen (secondary N) is 2. The van der Waals surface area contributed by atoms with E-state index in [2.05, 4.69) is 10.3 Å². The number of hydrogen-bond donors (Lipinski definition) is 3. The summed E-state index contributed by atoms with van der Waals surface area (Å²) in [6.07, 6.45) is 0. The Bertz CT molecular complexity index is 414. The van der Waals surface area contributed by atoms with Gasteiger partial charge in [0, 0.05) is 12.1 Å². The predicted molar refractivity (Wildman–Crippen MR) is 62.2 cm³/mol. The van der Waals surface area contributed by atoms with Crippen LogP contribution in [0.3, 0.4) is 0 Å². The Morgan fingerprint density at radius 3 is 2.75 bits per heavy atom. The van der Waals surface area contributed by atoms with E-state index in [-0.39, 0.29) is 29.1 Å². The van der Waals surface area contributed by atoms with Crippen LogP contribution in [0.2, 0.25) is 0 Å². The summed E-state index contributed by atoms with van der Waals surface area (Å²) >= 11 is 0. The highest BCUT2D eigenvalue weighted by Gasteiger charge is 2.14. The molecule has 4 N–H and O–H groups in total. The van der Waals surface area contributed by atoms with Gasteiger partial charge in [-0.25, -0.2) is 0 Å². The lowest BCUT2D eigenvalue weighted by Gasteiger charge is -2.19. The van der Waals surface area contributed by atoms with Crippen LogP contribution in [0.15, 0.2) is 23.0 Å². The van der Waals surface area contributed by atoms with Crippen LogP contribution >= 0.6 is 0 Å². The maximum absolute atomic E-state index is 11.7. The topological polar surface area (TPSA) is 88.0 Å². The Hall–Kier alpha value is -1.62. The van der Waals surface area contributed by atoms with Crippen LogP contribution in [0.25, 0.3) is 0 Å². The molecule has 0 saturated heterocycles. The number of rotatable bonds is 4. The van der Waals surface area contributed by atoms with Crippen molar-refractivity contribution in [3.63, 3.8) is 0 Å². The lowest BCUT2D eigenvalue weighted by molar-refractivity contribution is 0.0924. The van der Waals surface area contributed by atoms with Gasteiger partial charge in [-0.05, 0) is 25.5 Å². The maximum atomic E-state index is 11.7. The molecule has 1 rings (SSSR count). The number of hydrogen-bond acceptors (Lipinski definition) is 3. The molecule has 0 aromatic carbocycles. The predicted octanol–water partition coefficient (Wildman–Crippen LogP) is 0.0880. The van der Waals surface area contributed by atoms with Gasteiger partial charge in [-0.15, -0.1) is 0 Å². The Balaban J connectivity index is 2.69. The van der Waals surface area contributed by atoms with E-state index in [9.17, 15) is 9.59 Å². The van der Waals surface area contributed by atoms with E-state index in [0.717, 1.165) is 0 Å². The summed E-state index contributed by atoms with van der Waals surface area (Å²) in [6.45, 7) is 4.35. The fourth-order valence-electron chi connectivity index (χ4n) is 1.21. The first-order valence-electron chi connectivity index (χ1n) is 5.25. The van der Waals surface area contributed by atoms with E-state index < -0.39 is 0 Å². The number of aromatic nitrogens is 1. The van der Waals surface area contributed by atoms with Crippen molar-refractivity contribution in [3.8, 4) is 0 Å². The molecule has 0 bridgehead atoms. The highest BCUT2D eigenvalue weighted by Crippen LogP contribution is 2.01. The molecular formula is C11H17N3O2. The Morgan fingerprint density at radius 1 is 1.50 bits per heavy atom. The minimum Gasteiger partial charge on any atom is -0.348 e. The maximum Gasteiger partial charge on any atom is 0.268 e. The molecule has 1 heterocycles. The van der Waals surface area contributed by atoms with Gasteiger partial charge in [0.15, 0.2) is 0 Å². The Morgan fingerprint density at radius 2 is 2.19 bits per heavy atom. The van der Waals surface area contributed by atoms with Crippen molar-refractivity contribution in [2.45, 2.75) is 19.9 Å². The molecule has 0 saturated carbocycles. The Labute approximate surface area is 94.1 Å². The third-order valence-electron chi connectivity index (χ3n) is 2.60. The summed E-state index contributed by atoms with van der Waals surface area (Å²) in [5, 5.41) is 2.78. The molecule has 0 aliphatic carbocycles. The molecule has 1 aromatic heterocycles. The normalized spacial score (nSPS) is 14.2. The average molecular weight is 223 g/mol. The van der Waals surface area contributed by atoms with Gasteiger partial charge in [-0.2, -0.15) is 0 Å². The zero-order valence-electron chi connectivity index (χ0n) is 9.49. The van der Waals surface area contributed by atoms with Crippen LogP contribution < -0.4 is 16.6 Å². The van der Waals surface area contributed by atoms with E-state index in [1.165, 1.54) is 6.07 Å². The fourth-order valence-corrected chi connectivity index (χ4v) is 1.21. The van der Waals surface area contributed by atoms with Crippen molar-refractivity contribution in [1.29, 1.82) is 0 Å². The van der Waals surface area contributed by atoms with Gasteiger partial charge >= 0.3 is 0 Å². The molecule has 0 fully saturated rings. The van der Waals surface area contributed by atoms with Crippen molar-refractivity contribution in [3.05, 3.63) is 34.2 Å². The molecule has 16 heavy (non-hydrogen) atoms. The summed E-state index contributed by atoms with van der Waals surface area (Å²) < 4.78 is 0. The van der Waals surface area contributed by atoms with Crippen molar-refractivity contribution >= 4 is 5.91 Å². The molecule has 5 heteroatoms. The summed E-state index contributed by atoms with van der Waals surface area (Å²) in [7, 11) is 0. The molecule has 2 atom stereocenters. The lowest BCUT2D eigenvalue weighted by Crippen LogP contribution is -2.40. The first-order valence-corrected chi connectivity index (χ1v) is 5.25. The van der Waals surface area contributed by atoms with Crippen molar-refractivity contribution in [2.75, 3.05) is 6.54 Å². The molecule has 1 amide bonds. The molecule has 0 spiro atoms. The zero-order valence-corrected chi connectivity index (χ0v) is 9.49. The van der Waals surface area contributed by atoms with Crippen LogP contribution in [0, 0.1) is 5.92 Å². The molecule has 5 nitrogen and oxygen atoms in total. The minimum atomic E-state index is -0.287. The SMILES string of the molecule is CC(CN)C(C)NC(=O)c1cccc(=O)[nH]1. The smallest absolute Gasteiger partial charge is 0.268 e. The molecule has 2 unspecified atom stereocenters. The summed E-state index contributed by atoms with van der Waals surface area (Å²) in [6, 6.07) is 4.45. The minimum absolute atomic E-state index is 0.0267. The first kappa shape index (κ1) is 12.4. The van der Waals surface area contributed by atoms with Crippen LogP contribution in [0.5, 0.6) is 0 Å². The lowest BCUT2D eigenvalue weighted by atomic mass is 10.0. The fraction of sp³-hybridized carbons (Fsp3) is 0.455. The molecule has 0 aliphatic rings. The van der Waals surface area contributed by atoms with Gasteiger partial charge in [0.1, 0.15) is 5.69 Å². The number of carbonyl (C=O) groups is 1. The molecule has 1 aromatic rings. The highest BCUT2D eigenvalue weighted by atomic mass is 16.2. The largest absolute Gasteiger partial charge is 0.348 e. The number of amides is 1. The van der Waals surface area contributed by atoms with Crippen LogP contribution in [0.4, 0.5) is 0 Å². The van der Waals surface area contributed by atoms with Crippen molar-refractivity contribution in [2.24, 2.45) is 11.7 Å². The van der Waals surface area contributed by atoms with E-state index in [1.807, 2.05) is 13.8 Å². The third kappa shape index (κ3) is 3.20. The second-order valence-corrected chi connectivity index (χ2v) is 3.90. The van der Waals surface area contributed by atoms with Gasteiger partial charge in [0.25, 0.3) is 5.91 Å². The number of nitrogens with two attached hydrogens (primary N) is 1. The number of pyridine rings is 1. The van der Waals surface area contributed by atoms with Gasteiger partial charge in [-0.3, -0.25) is 9.59 Å². The molecule has 0 radical (unpaired) electrons. The monoisotopic (exact) mass is 223 g/mol. The zero-order chi connectivity index (χ0) is 12.1. The van der Waals surface area contributed by atoms with Crippen LogP contribution in [-0.2, 0) is 0 Å². The van der Waals surface area contributed by atoms with Crippen LogP contribution in [-0.4, -0.2) is 23.5 Å². The Kier molecular flexibility index (Phi) is 4.25. The van der Waals surface area contributed by atoms with Crippen molar-refractivity contribution in [1.82, 2.24) is 10.3 Å². The van der Waals surface area contributed by atoms with E-state index in [4.69, 9.17) is 5.73 Å². The van der Waals surface area contributed by atoms with Crippen molar-refractivity contribution < 1.29 is 4.79 Å². The van der Waals surface area contributed by atoms with Gasteiger partial charge in [0.2, 0.25) is 5.56 Å². The average Bonchev–Trinajstić information content (AvgIpc) is 2.27. The molecule has 0 aliphatic heterocycles. The van der Waals surface area contributed by atoms with Crippen LogP contribution in [0.1, 0.15) is 24.3 Å². The quantitative estimate of drug-likeness (QED) is 0.676. The molecular weight excluding hydrogens is 206 g/mol. The number of carbonyl (C=O) groups excluding carboxylic acids is 1. The van der Waals surface area contributed by atoms with Gasteiger partial charge in [-0.1, -0.05) is 13.0 Å². The second-order valence-electron chi connectivity index (χ2n) is 3.90. The second kappa shape index (κ2) is 5.46. The van der Waals surface area contributed by atoms with Gasteiger partial charge in [0.05, 0.1) is 0 Å². The molecule has 88 valence electrons. The van der Waals surface area contributed by atoms with Gasteiger partial charge < -0.3 is 16.0 Å². The summed E-state index contributed by atoms with van der Waals surface area (Å²) in [4.78, 5) is 25.2. The first-order chi connectivity index (χ1) is 7.54. The standard InChI is InChI=1S/C11H17N3O2/c1-7(6-12)8(2)13-11(16)9-4-3-5-10(15)14-9/h3-5,7-8H,6,12H2,1-2H3,(H,13,16)(H,14,15). The number of aromatic amines is 1. The highest BCUT2D eigenvalue weighted by molar-refractivity contribution is 5.92. The van der Waals surface area contributed by atoms with E-state index in [1.54, 1.807) is 12.1 Å².